The molecule has 1 rings (SSSR count). The van der Waals surface area contributed by atoms with Crippen LogP contribution < -0.4 is 16.2 Å². The summed E-state index contributed by atoms with van der Waals surface area (Å²) in [7, 11) is 0. The van der Waals surface area contributed by atoms with E-state index in [1.807, 2.05) is 6.07 Å². The normalized spacial score (nSPS) is 9.31. The van der Waals surface area contributed by atoms with E-state index in [1.165, 1.54) is 5.01 Å². The van der Waals surface area contributed by atoms with Crippen molar-refractivity contribution in [3.8, 4) is 0 Å². The number of alkyl halides is 1. The first-order chi connectivity index (χ1) is 6.24. The van der Waals surface area contributed by atoms with Crippen molar-refractivity contribution in [2.24, 2.45) is 5.73 Å². The molecule has 0 atom stereocenters. The summed E-state index contributed by atoms with van der Waals surface area (Å²) in [6.07, 6.45) is 0. The number of halogens is 1. The maximum absolute atomic E-state index is 12.5. The first-order valence-electron chi connectivity index (χ1n) is 3.68. The average Bonchev–Trinajstić information content (AvgIpc) is 2.15. The van der Waals surface area contributed by atoms with E-state index in [0.29, 0.717) is 5.69 Å². The molecule has 1 aromatic rings. The van der Waals surface area contributed by atoms with E-state index in [2.05, 4.69) is 17.6 Å². The summed E-state index contributed by atoms with van der Waals surface area (Å²) in [6, 6.07) is 8.97. The summed E-state index contributed by atoms with van der Waals surface area (Å²) >= 11 is 4.60. The van der Waals surface area contributed by atoms with Gasteiger partial charge in [-0.3, -0.25) is 10.4 Å². The van der Waals surface area contributed by atoms with Crippen LogP contribution in [0.25, 0.3) is 0 Å². The van der Waals surface area contributed by atoms with Crippen LogP contribution in [-0.2, 0) is 0 Å². The molecule has 5 heteroatoms. The fraction of sp³-hybridized carbons (Fsp3) is 0.125. The molecule has 0 fully saturated rings. The van der Waals surface area contributed by atoms with Crippen LogP contribution in [-0.4, -0.2) is 11.9 Å². The predicted octanol–water partition coefficient (Wildman–Crippen LogP) is 1.17. The lowest BCUT2D eigenvalue weighted by atomic mass is 10.3. The van der Waals surface area contributed by atoms with E-state index in [-0.39, 0.29) is 5.11 Å². The summed E-state index contributed by atoms with van der Waals surface area (Å²) in [5.41, 5.74) is 8.41. The highest BCUT2D eigenvalue weighted by atomic mass is 32.1. The van der Waals surface area contributed by atoms with Gasteiger partial charge in [-0.25, -0.2) is 4.39 Å². The van der Waals surface area contributed by atoms with Crippen molar-refractivity contribution < 1.29 is 4.39 Å². The Morgan fingerprint density at radius 2 is 2.08 bits per heavy atom. The number of anilines is 1. The van der Waals surface area contributed by atoms with Crippen LogP contribution in [0.2, 0.25) is 0 Å². The number of hydrazine groups is 1. The van der Waals surface area contributed by atoms with Gasteiger partial charge in [0.05, 0.1) is 5.69 Å². The topological polar surface area (TPSA) is 41.3 Å². The number of thiocarbonyl (C=S) groups is 1. The SMILES string of the molecule is NC(=S)NN(CF)c1ccccc1. The Bertz CT molecular complexity index is 278. The number of hydrogen-bond donors (Lipinski definition) is 2. The van der Waals surface area contributed by atoms with Crippen LogP contribution in [0.15, 0.2) is 30.3 Å². The summed E-state index contributed by atoms with van der Waals surface area (Å²) in [6.45, 7) is -0.693. The summed E-state index contributed by atoms with van der Waals surface area (Å²) in [4.78, 5) is 0. The van der Waals surface area contributed by atoms with Crippen molar-refractivity contribution in [2.45, 2.75) is 0 Å². The van der Waals surface area contributed by atoms with Crippen LogP contribution in [0.5, 0.6) is 0 Å². The van der Waals surface area contributed by atoms with Gasteiger partial charge in [-0.2, -0.15) is 0 Å². The van der Waals surface area contributed by atoms with Crippen LogP contribution in [0, 0.1) is 0 Å². The number of para-hydroxylation sites is 1. The van der Waals surface area contributed by atoms with Crippen molar-refractivity contribution in [3.05, 3.63) is 30.3 Å². The molecule has 70 valence electrons. The second-order valence-corrected chi connectivity index (χ2v) is 2.80. The van der Waals surface area contributed by atoms with Crippen LogP contribution in [0.1, 0.15) is 0 Å². The molecule has 0 saturated carbocycles. The Balaban J connectivity index is 2.73. The number of nitrogens with zero attached hydrogens (tertiary/aromatic N) is 1. The lowest BCUT2D eigenvalue weighted by Crippen LogP contribution is -2.44. The van der Waals surface area contributed by atoms with E-state index in [0.717, 1.165) is 0 Å². The fourth-order valence-corrected chi connectivity index (χ4v) is 1.01. The Labute approximate surface area is 81.3 Å². The molecule has 1 aromatic carbocycles. The van der Waals surface area contributed by atoms with Crippen molar-refractivity contribution in [1.29, 1.82) is 0 Å². The third-order valence-corrected chi connectivity index (χ3v) is 1.52. The molecule has 0 aliphatic rings. The molecular weight excluding hydrogens is 189 g/mol. The molecule has 0 heterocycles. The molecule has 0 saturated heterocycles. The van der Waals surface area contributed by atoms with E-state index < -0.39 is 6.80 Å². The maximum Gasteiger partial charge on any atom is 0.182 e. The molecule has 0 spiro atoms. The second-order valence-electron chi connectivity index (χ2n) is 2.36. The van der Waals surface area contributed by atoms with E-state index in [9.17, 15) is 4.39 Å². The lowest BCUT2D eigenvalue weighted by Gasteiger charge is -2.21. The summed E-state index contributed by atoms with van der Waals surface area (Å²) < 4.78 is 12.5. The van der Waals surface area contributed by atoms with Crippen molar-refractivity contribution in [1.82, 2.24) is 5.43 Å². The number of nitrogens with one attached hydrogen (secondary N) is 1. The largest absolute Gasteiger partial charge is 0.375 e. The van der Waals surface area contributed by atoms with Crippen LogP contribution in [0.4, 0.5) is 10.1 Å². The number of benzene rings is 1. The molecule has 0 aromatic heterocycles. The number of hydrogen-bond acceptors (Lipinski definition) is 2. The molecule has 0 radical (unpaired) electrons. The van der Waals surface area contributed by atoms with Gasteiger partial charge < -0.3 is 5.73 Å². The van der Waals surface area contributed by atoms with E-state index >= 15 is 0 Å². The van der Waals surface area contributed by atoms with Gasteiger partial charge in [-0.15, -0.1) is 0 Å². The van der Waals surface area contributed by atoms with Gasteiger partial charge in [0, 0.05) is 0 Å². The molecular formula is C8H10FN3S. The van der Waals surface area contributed by atoms with E-state index in [1.54, 1.807) is 24.3 Å². The van der Waals surface area contributed by atoms with Gasteiger partial charge in [-0.05, 0) is 24.4 Å². The van der Waals surface area contributed by atoms with Gasteiger partial charge in [0.2, 0.25) is 0 Å². The summed E-state index contributed by atoms with van der Waals surface area (Å²) in [5, 5.41) is 1.27. The highest BCUT2D eigenvalue weighted by Gasteiger charge is 2.03. The molecule has 0 aliphatic carbocycles. The lowest BCUT2D eigenvalue weighted by molar-refractivity contribution is 0.463. The number of nitrogens with two attached hydrogens (primary N) is 1. The second kappa shape index (κ2) is 4.61. The maximum atomic E-state index is 12.5. The zero-order chi connectivity index (χ0) is 9.68. The summed E-state index contributed by atoms with van der Waals surface area (Å²) in [5.74, 6) is 0. The zero-order valence-electron chi connectivity index (χ0n) is 6.90. The third-order valence-electron chi connectivity index (χ3n) is 1.43. The first kappa shape index (κ1) is 9.73. The highest BCUT2D eigenvalue weighted by Crippen LogP contribution is 2.10. The minimum Gasteiger partial charge on any atom is -0.375 e. The standard InChI is InChI=1S/C8H10FN3S/c9-6-12(11-8(10)13)7-4-2-1-3-5-7/h1-5H,6H2,(H3,10,11,13). The highest BCUT2D eigenvalue weighted by molar-refractivity contribution is 7.80. The van der Waals surface area contributed by atoms with Gasteiger partial charge in [0.15, 0.2) is 11.9 Å². The fourth-order valence-electron chi connectivity index (χ4n) is 0.904. The van der Waals surface area contributed by atoms with Gasteiger partial charge in [-0.1, -0.05) is 18.2 Å². The Kier molecular flexibility index (Phi) is 3.45. The Morgan fingerprint density at radius 1 is 1.46 bits per heavy atom. The minimum absolute atomic E-state index is 0.0431. The quantitative estimate of drug-likeness (QED) is 0.435. The van der Waals surface area contributed by atoms with Crippen LogP contribution in [0.3, 0.4) is 0 Å². The molecule has 0 unspecified atom stereocenters. The van der Waals surface area contributed by atoms with Crippen LogP contribution >= 0.6 is 12.2 Å². The molecule has 0 bridgehead atoms. The van der Waals surface area contributed by atoms with Gasteiger partial charge in [0.1, 0.15) is 0 Å². The Hall–Kier alpha value is -1.36. The van der Waals surface area contributed by atoms with Crippen molar-refractivity contribution in [3.63, 3.8) is 0 Å². The molecule has 13 heavy (non-hydrogen) atoms. The third kappa shape index (κ3) is 2.87. The zero-order valence-corrected chi connectivity index (χ0v) is 7.72. The van der Waals surface area contributed by atoms with Gasteiger partial charge in [0.25, 0.3) is 0 Å². The molecule has 0 aliphatic heterocycles. The number of rotatable bonds is 3. The smallest absolute Gasteiger partial charge is 0.182 e. The van der Waals surface area contributed by atoms with Crippen molar-refractivity contribution in [2.75, 3.05) is 11.8 Å². The molecule has 3 N–H and O–H groups in total. The monoisotopic (exact) mass is 199 g/mol. The van der Waals surface area contributed by atoms with E-state index in [4.69, 9.17) is 5.73 Å². The molecule has 3 nitrogen and oxygen atoms in total. The average molecular weight is 199 g/mol. The van der Waals surface area contributed by atoms with Crippen molar-refractivity contribution >= 4 is 23.0 Å². The predicted molar refractivity (Wildman–Crippen MR) is 54.8 cm³/mol. The first-order valence-corrected chi connectivity index (χ1v) is 4.09. The minimum atomic E-state index is -0.693. The molecule has 0 amide bonds. The van der Waals surface area contributed by atoms with Gasteiger partial charge >= 0.3 is 0 Å². The Morgan fingerprint density at radius 3 is 2.54 bits per heavy atom.